The summed E-state index contributed by atoms with van der Waals surface area (Å²) in [5.41, 5.74) is 6.46. The van der Waals surface area contributed by atoms with Gasteiger partial charge < -0.3 is 4.74 Å². The molecule has 0 unspecified atom stereocenters. The van der Waals surface area contributed by atoms with Gasteiger partial charge in [0.2, 0.25) is 5.69 Å². The molecule has 3 heterocycles. The van der Waals surface area contributed by atoms with Gasteiger partial charge in [-0.05, 0) is 64.5 Å². The third kappa shape index (κ3) is 3.96. The van der Waals surface area contributed by atoms with Gasteiger partial charge >= 0.3 is 0 Å². The molecule has 6 rings (SSSR count). The number of rotatable bonds is 2. The van der Waals surface area contributed by atoms with E-state index in [9.17, 15) is 0 Å². The molecule has 3 aromatic carbocycles. The minimum atomic E-state index is 0.126. The van der Waals surface area contributed by atoms with Crippen LogP contribution in [-0.4, -0.2) is 4.98 Å². The molecule has 0 saturated heterocycles. The Morgan fingerprint density at radius 2 is 1.54 bits per heavy atom. The summed E-state index contributed by atoms with van der Waals surface area (Å²) in [7, 11) is 2.15. The second kappa shape index (κ2) is 8.02. The van der Waals surface area contributed by atoms with Crippen LogP contribution in [0.5, 0.6) is 11.5 Å². The number of fused-ring (bicyclic) bond motifs is 5. The summed E-state index contributed by atoms with van der Waals surface area (Å²) in [6, 6.07) is 15.5. The topological polar surface area (TPSA) is 26.0 Å². The maximum absolute atomic E-state index is 6.99. The highest BCUT2D eigenvalue weighted by Crippen LogP contribution is 2.52. The third-order valence-electron chi connectivity index (χ3n) is 7.54. The molecule has 0 spiro atoms. The molecule has 188 valence electrons. The van der Waals surface area contributed by atoms with Crippen LogP contribution in [0.4, 0.5) is 0 Å². The van der Waals surface area contributed by atoms with E-state index in [4.69, 9.17) is 9.72 Å². The molecular weight excluding hydrogens is 452 g/mol. The van der Waals surface area contributed by atoms with Crippen molar-refractivity contribution in [1.29, 1.82) is 0 Å². The van der Waals surface area contributed by atoms with Crippen molar-refractivity contribution in [2.45, 2.75) is 61.3 Å². The molecule has 0 aliphatic carbocycles. The lowest BCUT2D eigenvalue weighted by Crippen LogP contribution is -2.32. The quantitative estimate of drug-likeness (QED) is 0.180. The van der Waals surface area contributed by atoms with Crippen molar-refractivity contribution in [3.63, 3.8) is 0 Å². The second-order valence-electron chi connectivity index (χ2n) is 13.3. The van der Waals surface area contributed by atoms with Gasteiger partial charge in [-0.3, -0.25) is 4.98 Å². The highest BCUT2D eigenvalue weighted by atomic mass is 16.5. The Morgan fingerprint density at radius 3 is 2.24 bits per heavy atom. The molecule has 3 heteroatoms. The summed E-state index contributed by atoms with van der Waals surface area (Å²) in [5.74, 6) is 1.96. The first kappa shape index (κ1) is 23.9. The Labute approximate surface area is 220 Å². The van der Waals surface area contributed by atoms with Gasteiger partial charge in [0.15, 0.2) is 6.20 Å². The van der Waals surface area contributed by atoms with E-state index in [0.29, 0.717) is 0 Å². The molecule has 1 aliphatic rings. The number of aryl methyl sites for hydroxylation is 2. The fourth-order valence-electron chi connectivity index (χ4n) is 6.08. The van der Waals surface area contributed by atoms with E-state index < -0.39 is 0 Å². The summed E-state index contributed by atoms with van der Waals surface area (Å²) in [5, 5.41) is 7.35. The monoisotopic (exact) mass is 489 g/mol. The first-order chi connectivity index (χ1) is 17.4. The predicted octanol–water partition coefficient (Wildman–Crippen LogP) is 8.62. The maximum atomic E-state index is 6.99. The molecule has 0 amide bonds. The third-order valence-corrected chi connectivity index (χ3v) is 7.54. The molecule has 1 aliphatic heterocycles. The van der Waals surface area contributed by atoms with E-state index in [2.05, 4.69) is 115 Å². The van der Waals surface area contributed by atoms with E-state index in [1.54, 1.807) is 0 Å². The molecule has 2 aromatic heterocycles. The van der Waals surface area contributed by atoms with Crippen LogP contribution in [0, 0.1) is 17.8 Å². The number of ether oxygens (including phenoxy) is 1. The van der Waals surface area contributed by atoms with Crippen LogP contribution < -0.4 is 9.30 Å². The first-order valence-electron chi connectivity index (χ1n) is 13.4. The van der Waals surface area contributed by atoms with Crippen LogP contribution in [0.3, 0.4) is 0 Å². The fraction of sp³-hybridized carbons (Fsp3) is 0.353. The normalized spacial score (nSPS) is 13.3. The van der Waals surface area contributed by atoms with Gasteiger partial charge in [0.1, 0.15) is 18.5 Å². The molecule has 0 fully saturated rings. The SMILES string of the molecule is Cc1c2c(c(CC(C)(C)C)c3ccccc13)Oc1cc3cc(CC(C)(C)C)ncc3c3cc[n+](C)c-2c13. The Balaban J connectivity index is 1.71. The van der Waals surface area contributed by atoms with E-state index in [1.165, 1.54) is 54.7 Å². The number of aromatic nitrogens is 2. The van der Waals surface area contributed by atoms with Crippen molar-refractivity contribution in [1.82, 2.24) is 4.98 Å². The Hall–Kier alpha value is -3.46. The molecular formula is C34H37N2O+. The molecule has 5 aromatic rings. The lowest BCUT2D eigenvalue weighted by atomic mass is 9.81. The minimum absolute atomic E-state index is 0.126. The van der Waals surface area contributed by atoms with Crippen LogP contribution in [0.25, 0.3) is 43.6 Å². The Kier molecular flexibility index (Phi) is 5.18. The van der Waals surface area contributed by atoms with E-state index in [1.807, 2.05) is 0 Å². The van der Waals surface area contributed by atoms with Gasteiger partial charge in [-0.25, -0.2) is 4.57 Å². The maximum Gasteiger partial charge on any atom is 0.228 e. The van der Waals surface area contributed by atoms with Crippen molar-refractivity contribution in [2.24, 2.45) is 17.9 Å². The number of hydrogen-bond donors (Lipinski definition) is 0. The van der Waals surface area contributed by atoms with E-state index in [0.717, 1.165) is 30.0 Å². The Morgan fingerprint density at radius 1 is 0.838 bits per heavy atom. The van der Waals surface area contributed by atoms with Crippen LogP contribution in [0.2, 0.25) is 0 Å². The van der Waals surface area contributed by atoms with Gasteiger partial charge in [0.25, 0.3) is 0 Å². The Bertz CT molecular complexity index is 1730. The highest BCUT2D eigenvalue weighted by Gasteiger charge is 2.34. The molecule has 0 radical (unpaired) electrons. The first-order valence-corrected chi connectivity index (χ1v) is 13.4. The van der Waals surface area contributed by atoms with Gasteiger partial charge in [0, 0.05) is 34.3 Å². The summed E-state index contributed by atoms with van der Waals surface area (Å²) < 4.78 is 9.25. The van der Waals surface area contributed by atoms with Crippen LogP contribution in [0.1, 0.15) is 58.4 Å². The summed E-state index contributed by atoms with van der Waals surface area (Å²) >= 11 is 0. The molecule has 0 atom stereocenters. The van der Waals surface area contributed by atoms with Crippen molar-refractivity contribution in [2.75, 3.05) is 0 Å². The zero-order chi connectivity index (χ0) is 26.3. The lowest BCUT2D eigenvalue weighted by molar-refractivity contribution is -0.659. The highest BCUT2D eigenvalue weighted by molar-refractivity contribution is 6.16. The summed E-state index contributed by atoms with van der Waals surface area (Å²) in [4.78, 5) is 4.88. The molecule has 0 saturated carbocycles. The average molecular weight is 490 g/mol. The smallest absolute Gasteiger partial charge is 0.228 e. The van der Waals surface area contributed by atoms with Crippen molar-refractivity contribution < 1.29 is 9.30 Å². The lowest BCUT2D eigenvalue weighted by Gasteiger charge is -2.28. The van der Waals surface area contributed by atoms with Crippen LogP contribution in [-0.2, 0) is 19.9 Å². The van der Waals surface area contributed by atoms with Gasteiger partial charge in [-0.1, -0.05) is 65.8 Å². The molecule has 3 nitrogen and oxygen atoms in total. The largest absolute Gasteiger partial charge is 0.455 e. The number of benzene rings is 3. The zero-order valence-corrected chi connectivity index (χ0v) is 23.4. The minimum Gasteiger partial charge on any atom is -0.455 e. The van der Waals surface area contributed by atoms with Gasteiger partial charge in [-0.2, -0.15) is 0 Å². The van der Waals surface area contributed by atoms with Crippen molar-refractivity contribution in [3.05, 3.63) is 71.7 Å². The van der Waals surface area contributed by atoms with Crippen molar-refractivity contribution >= 4 is 32.3 Å². The van der Waals surface area contributed by atoms with Crippen molar-refractivity contribution in [3.8, 4) is 22.8 Å². The molecule has 0 N–H and O–H groups in total. The second-order valence-corrected chi connectivity index (χ2v) is 13.3. The number of nitrogens with zero attached hydrogens (tertiary/aromatic N) is 2. The predicted molar refractivity (Wildman–Crippen MR) is 154 cm³/mol. The summed E-state index contributed by atoms with van der Waals surface area (Å²) in [6.07, 6.45) is 6.14. The van der Waals surface area contributed by atoms with Gasteiger partial charge in [0.05, 0.1) is 10.9 Å². The summed E-state index contributed by atoms with van der Waals surface area (Å²) in [6.45, 7) is 16.0. The van der Waals surface area contributed by atoms with E-state index in [-0.39, 0.29) is 10.8 Å². The zero-order valence-electron chi connectivity index (χ0n) is 23.4. The standard InChI is InChI=1S/C34H37N2O/c1-20-23-11-9-10-12-24(23)26(18-34(5,6)7)32-29(20)31-30-25(13-14-36(31)8)27-19-35-22(17-33(2,3)4)15-21(27)16-28(30)37-32/h9-16,19H,17-18H2,1-8H3/q+1. The fourth-order valence-corrected chi connectivity index (χ4v) is 6.08. The number of pyridine rings is 2. The number of hydrogen-bond acceptors (Lipinski definition) is 2. The van der Waals surface area contributed by atoms with Crippen LogP contribution >= 0.6 is 0 Å². The molecule has 0 bridgehead atoms. The van der Waals surface area contributed by atoms with Gasteiger partial charge in [-0.15, -0.1) is 0 Å². The van der Waals surface area contributed by atoms with Crippen LogP contribution in [0.15, 0.2) is 54.9 Å². The average Bonchev–Trinajstić information content (AvgIpc) is 2.81. The van der Waals surface area contributed by atoms with E-state index >= 15 is 0 Å². The molecule has 37 heavy (non-hydrogen) atoms.